The molecular formula is C10H20N2O5S. The molecule has 0 saturated heterocycles. The summed E-state index contributed by atoms with van der Waals surface area (Å²) in [6.07, 6.45) is 3.49. The van der Waals surface area contributed by atoms with Crippen molar-refractivity contribution in [3.05, 3.63) is 0 Å². The lowest BCUT2D eigenvalue weighted by atomic mass is 9.95. The van der Waals surface area contributed by atoms with Gasteiger partial charge in [-0.25, -0.2) is 9.52 Å². The summed E-state index contributed by atoms with van der Waals surface area (Å²) in [4.78, 5) is 11.0. The Morgan fingerprint density at radius 3 is 2.50 bits per heavy atom. The van der Waals surface area contributed by atoms with Gasteiger partial charge in [-0.1, -0.05) is 19.3 Å². The van der Waals surface area contributed by atoms with Crippen LogP contribution in [0, 0.1) is 0 Å². The van der Waals surface area contributed by atoms with Crippen molar-refractivity contribution < 1.29 is 23.1 Å². The van der Waals surface area contributed by atoms with Gasteiger partial charge in [-0.3, -0.25) is 0 Å². The van der Waals surface area contributed by atoms with E-state index >= 15 is 0 Å². The van der Waals surface area contributed by atoms with Crippen molar-refractivity contribution in [2.45, 2.75) is 38.1 Å². The number of nitrogens with one attached hydrogen (secondary N) is 1. The van der Waals surface area contributed by atoms with Crippen molar-refractivity contribution in [2.75, 3.05) is 20.3 Å². The van der Waals surface area contributed by atoms with Gasteiger partial charge in [0.2, 0.25) is 0 Å². The number of ether oxygens (including phenoxy) is 1. The number of aliphatic hydroxyl groups excluding tert-OH is 1. The number of rotatable bonds is 5. The maximum atomic E-state index is 12.0. The molecule has 1 saturated carbocycles. The molecule has 0 bridgehead atoms. The molecule has 18 heavy (non-hydrogen) atoms. The van der Waals surface area contributed by atoms with Gasteiger partial charge in [0.1, 0.15) is 0 Å². The number of hydrogen-bond acceptors (Lipinski definition) is 5. The van der Waals surface area contributed by atoms with E-state index in [0.717, 1.165) is 43.5 Å². The number of aliphatic hydroxyl groups is 1. The van der Waals surface area contributed by atoms with E-state index in [9.17, 15) is 13.2 Å². The zero-order chi connectivity index (χ0) is 13.6. The van der Waals surface area contributed by atoms with Crippen molar-refractivity contribution in [3.63, 3.8) is 0 Å². The van der Waals surface area contributed by atoms with Crippen LogP contribution in [0.5, 0.6) is 0 Å². The summed E-state index contributed by atoms with van der Waals surface area (Å²) in [5.74, 6) is 0. The molecule has 0 aromatic carbocycles. The summed E-state index contributed by atoms with van der Waals surface area (Å²) >= 11 is 0. The van der Waals surface area contributed by atoms with Crippen molar-refractivity contribution in [1.29, 1.82) is 0 Å². The first-order chi connectivity index (χ1) is 8.51. The van der Waals surface area contributed by atoms with Crippen LogP contribution in [0.3, 0.4) is 0 Å². The largest absolute Gasteiger partial charge is 0.452 e. The topological polar surface area (TPSA) is 95.9 Å². The first-order valence-corrected chi connectivity index (χ1v) is 7.43. The molecule has 0 aliphatic heterocycles. The van der Waals surface area contributed by atoms with Gasteiger partial charge in [-0.2, -0.15) is 12.7 Å². The molecule has 1 amide bonds. The van der Waals surface area contributed by atoms with Gasteiger partial charge in [0.05, 0.1) is 13.7 Å². The maximum absolute atomic E-state index is 12.0. The Morgan fingerprint density at radius 2 is 2.00 bits per heavy atom. The van der Waals surface area contributed by atoms with Crippen LogP contribution in [0.4, 0.5) is 4.79 Å². The van der Waals surface area contributed by atoms with Crippen LogP contribution in [0.15, 0.2) is 0 Å². The van der Waals surface area contributed by atoms with Gasteiger partial charge >= 0.3 is 16.3 Å². The van der Waals surface area contributed by atoms with Crippen LogP contribution in [0.25, 0.3) is 0 Å². The summed E-state index contributed by atoms with van der Waals surface area (Å²) in [6, 6.07) is -0.159. The van der Waals surface area contributed by atoms with Crippen LogP contribution >= 0.6 is 0 Å². The summed E-state index contributed by atoms with van der Waals surface area (Å²) in [7, 11) is -2.85. The molecule has 2 N–H and O–H groups in total. The number of nitrogens with zero attached hydrogens (tertiary/aromatic N) is 1. The first kappa shape index (κ1) is 15.2. The number of hydrogen-bond donors (Lipinski definition) is 2. The fourth-order valence-electron chi connectivity index (χ4n) is 2.17. The summed E-state index contributed by atoms with van der Waals surface area (Å²) in [5, 5.41) is 8.97. The predicted molar refractivity (Wildman–Crippen MR) is 65.1 cm³/mol. The van der Waals surface area contributed by atoms with E-state index in [0.29, 0.717) is 0 Å². The van der Waals surface area contributed by atoms with Gasteiger partial charge in [0, 0.05) is 12.6 Å². The van der Waals surface area contributed by atoms with E-state index in [4.69, 9.17) is 5.11 Å². The van der Waals surface area contributed by atoms with Gasteiger partial charge < -0.3 is 9.84 Å². The van der Waals surface area contributed by atoms with Gasteiger partial charge in [0.15, 0.2) is 0 Å². The molecule has 0 aromatic rings. The normalized spacial score (nSPS) is 17.7. The Hall–Kier alpha value is -0.860. The second-order valence-corrected chi connectivity index (χ2v) is 5.85. The van der Waals surface area contributed by atoms with E-state index in [1.165, 1.54) is 0 Å². The highest BCUT2D eigenvalue weighted by molar-refractivity contribution is 7.87. The van der Waals surface area contributed by atoms with Crippen molar-refractivity contribution >= 4 is 16.3 Å². The quantitative estimate of drug-likeness (QED) is 0.750. The summed E-state index contributed by atoms with van der Waals surface area (Å²) in [6.45, 7) is -0.296. The molecule has 106 valence electrons. The molecule has 1 aliphatic rings. The molecule has 0 atom stereocenters. The minimum atomic E-state index is -3.95. The smallest absolute Gasteiger partial charge is 0.421 e. The Kier molecular flexibility index (Phi) is 5.83. The molecule has 0 radical (unpaired) electrons. The fraction of sp³-hybridized carbons (Fsp3) is 0.900. The Morgan fingerprint density at radius 1 is 1.39 bits per heavy atom. The standard InChI is InChI=1S/C10H20N2O5S/c1-17-10(14)11-18(15,16)12(7-8-13)9-5-3-2-4-6-9/h9,13H,2-8H2,1H3,(H,11,14). The molecule has 8 heteroatoms. The average Bonchev–Trinajstić information content (AvgIpc) is 2.36. The SMILES string of the molecule is COC(=O)NS(=O)(=O)N(CCO)C1CCCCC1. The van der Waals surface area contributed by atoms with Crippen LogP contribution in [-0.4, -0.2) is 50.2 Å². The van der Waals surface area contributed by atoms with E-state index in [1.807, 2.05) is 4.72 Å². The zero-order valence-electron chi connectivity index (χ0n) is 10.5. The minimum absolute atomic E-state index is 0.0169. The Bertz CT molecular complexity index is 364. The van der Waals surface area contributed by atoms with E-state index in [-0.39, 0.29) is 19.2 Å². The second kappa shape index (κ2) is 6.91. The molecule has 1 rings (SSSR count). The van der Waals surface area contributed by atoms with Crippen molar-refractivity contribution in [3.8, 4) is 0 Å². The van der Waals surface area contributed by atoms with Crippen LogP contribution < -0.4 is 4.72 Å². The monoisotopic (exact) mass is 280 g/mol. The zero-order valence-corrected chi connectivity index (χ0v) is 11.3. The summed E-state index contributed by atoms with van der Waals surface area (Å²) < 4.78 is 31.2. The number of carbonyl (C=O) groups is 1. The third-order valence-corrected chi connectivity index (χ3v) is 4.53. The molecule has 7 nitrogen and oxygen atoms in total. The lowest BCUT2D eigenvalue weighted by molar-refractivity contribution is 0.173. The molecule has 0 heterocycles. The highest BCUT2D eigenvalue weighted by Crippen LogP contribution is 2.24. The Labute approximate surface area is 107 Å². The molecular weight excluding hydrogens is 260 g/mol. The van der Waals surface area contributed by atoms with Gasteiger partial charge in [-0.15, -0.1) is 0 Å². The minimum Gasteiger partial charge on any atom is -0.452 e. The highest BCUT2D eigenvalue weighted by atomic mass is 32.2. The lowest BCUT2D eigenvalue weighted by Gasteiger charge is -2.32. The second-order valence-electron chi connectivity index (χ2n) is 4.22. The maximum Gasteiger partial charge on any atom is 0.421 e. The first-order valence-electron chi connectivity index (χ1n) is 5.99. The third kappa shape index (κ3) is 4.11. The predicted octanol–water partition coefficient (Wildman–Crippen LogP) is 0.214. The third-order valence-electron chi connectivity index (χ3n) is 3.01. The molecule has 1 aliphatic carbocycles. The molecule has 0 aromatic heterocycles. The fourth-order valence-corrected chi connectivity index (χ4v) is 3.51. The lowest BCUT2D eigenvalue weighted by Crippen LogP contribution is -2.50. The number of methoxy groups -OCH3 is 1. The molecule has 1 fully saturated rings. The molecule has 0 unspecified atom stereocenters. The van der Waals surface area contributed by atoms with Crippen LogP contribution in [-0.2, 0) is 14.9 Å². The van der Waals surface area contributed by atoms with Crippen LogP contribution in [0.2, 0.25) is 0 Å². The summed E-state index contributed by atoms with van der Waals surface area (Å²) in [5.41, 5.74) is 0. The molecule has 0 spiro atoms. The van der Waals surface area contributed by atoms with Crippen molar-refractivity contribution in [1.82, 2.24) is 9.03 Å². The van der Waals surface area contributed by atoms with Crippen LogP contribution in [0.1, 0.15) is 32.1 Å². The number of amides is 1. The van der Waals surface area contributed by atoms with E-state index in [2.05, 4.69) is 4.74 Å². The van der Waals surface area contributed by atoms with Gasteiger partial charge in [0.25, 0.3) is 0 Å². The highest BCUT2D eigenvalue weighted by Gasteiger charge is 2.31. The van der Waals surface area contributed by atoms with E-state index < -0.39 is 16.3 Å². The van der Waals surface area contributed by atoms with E-state index in [1.54, 1.807) is 0 Å². The average molecular weight is 280 g/mol. The van der Waals surface area contributed by atoms with Gasteiger partial charge in [-0.05, 0) is 12.8 Å². The van der Waals surface area contributed by atoms with Crippen molar-refractivity contribution in [2.24, 2.45) is 0 Å². The Balaban J connectivity index is 2.78. The number of carbonyl (C=O) groups excluding carboxylic acids is 1.